The van der Waals surface area contributed by atoms with Crippen molar-refractivity contribution >= 4 is 22.8 Å². The first-order valence-electron chi connectivity index (χ1n) is 8.54. The molecule has 0 radical (unpaired) electrons. The lowest BCUT2D eigenvalue weighted by molar-refractivity contribution is -0.146. The summed E-state index contributed by atoms with van der Waals surface area (Å²) in [6.45, 7) is 2.02. The highest BCUT2D eigenvalue weighted by atomic mass is 19.4. The third kappa shape index (κ3) is 4.39. The van der Waals surface area contributed by atoms with E-state index in [2.05, 4.69) is 15.6 Å². The molecule has 0 unspecified atom stereocenters. The Labute approximate surface area is 154 Å². The third-order valence-corrected chi connectivity index (χ3v) is 4.15. The summed E-state index contributed by atoms with van der Waals surface area (Å²) in [6.07, 6.45) is -3.67. The molecule has 0 saturated heterocycles. The summed E-state index contributed by atoms with van der Waals surface area (Å²) in [5.41, 5.74) is 2.41. The van der Waals surface area contributed by atoms with Crippen molar-refractivity contribution < 1.29 is 18.0 Å². The zero-order valence-electron chi connectivity index (χ0n) is 14.7. The zero-order valence-corrected chi connectivity index (χ0v) is 14.7. The molecular weight excluding hydrogens is 357 g/mol. The zero-order chi connectivity index (χ0) is 19.4. The molecule has 8 heteroatoms. The van der Waals surface area contributed by atoms with E-state index in [0.29, 0.717) is 11.2 Å². The highest BCUT2D eigenvalue weighted by Gasteiger charge is 2.37. The molecule has 1 heterocycles. The van der Waals surface area contributed by atoms with Crippen LogP contribution in [0.15, 0.2) is 48.5 Å². The van der Waals surface area contributed by atoms with Crippen molar-refractivity contribution in [2.45, 2.75) is 26.1 Å². The average Bonchev–Trinajstić information content (AvgIpc) is 3.02. The van der Waals surface area contributed by atoms with E-state index in [1.165, 1.54) is 6.07 Å². The predicted octanol–water partition coefficient (Wildman–Crippen LogP) is 4.44. The maximum Gasteiger partial charge on any atom is 0.449 e. The smallest absolute Gasteiger partial charge is 0.336 e. The summed E-state index contributed by atoms with van der Waals surface area (Å²) in [5.74, 6) is -0.971. The molecule has 142 valence electrons. The molecule has 0 spiro atoms. The molecule has 3 aromatic rings. The van der Waals surface area contributed by atoms with Crippen molar-refractivity contribution in [1.82, 2.24) is 14.9 Å². The number of aryl methyl sites for hydroxylation is 1. The second kappa shape index (κ2) is 7.69. The second-order valence-corrected chi connectivity index (χ2v) is 6.00. The lowest BCUT2D eigenvalue weighted by Gasteiger charge is -2.12. The molecule has 2 N–H and O–H groups in total. The number of hydrogen-bond donors (Lipinski definition) is 2. The molecule has 0 bridgehead atoms. The first kappa shape index (κ1) is 18.8. The number of aromatic nitrogens is 2. The van der Waals surface area contributed by atoms with E-state index in [1.54, 1.807) is 30.3 Å². The predicted molar refractivity (Wildman–Crippen MR) is 97.6 cm³/mol. The number of amides is 2. The molecule has 2 amide bonds. The van der Waals surface area contributed by atoms with Crippen molar-refractivity contribution in [2.75, 3.05) is 11.9 Å². The Bertz CT molecular complexity index is 932. The standard InChI is InChI=1S/C19H19F3N4O/c1-2-13-7-9-14(10-8-13)24-18(27)23-11-12-26-16-6-4-3-5-15(16)25-17(26)19(20,21)22/h3-10H,2,11-12H2,1H3,(H2,23,24,27). The molecule has 1 aromatic heterocycles. The molecule has 3 rings (SSSR count). The summed E-state index contributed by atoms with van der Waals surface area (Å²) < 4.78 is 40.8. The largest absolute Gasteiger partial charge is 0.449 e. The Morgan fingerprint density at radius 3 is 2.48 bits per heavy atom. The van der Waals surface area contributed by atoms with Gasteiger partial charge in [0.15, 0.2) is 0 Å². The van der Waals surface area contributed by atoms with Crippen molar-refractivity contribution in [3.8, 4) is 0 Å². The van der Waals surface area contributed by atoms with E-state index in [4.69, 9.17) is 0 Å². The van der Waals surface area contributed by atoms with Crippen LogP contribution in [0.4, 0.5) is 23.7 Å². The number of para-hydroxylation sites is 2. The van der Waals surface area contributed by atoms with Crippen LogP contribution in [-0.2, 0) is 19.1 Å². The molecule has 27 heavy (non-hydrogen) atoms. The fraction of sp³-hybridized carbons (Fsp3) is 0.263. The van der Waals surface area contributed by atoms with E-state index in [-0.39, 0.29) is 18.6 Å². The van der Waals surface area contributed by atoms with Gasteiger partial charge < -0.3 is 15.2 Å². The Balaban J connectivity index is 1.65. The minimum absolute atomic E-state index is 0.0301. The van der Waals surface area contributed by atoms with Crippen LogP contribution in [-0.4, -0.2) is 22.1 Å². The first-order valence-corrected chi connectivity index (χ1v) is 8.54. The number of carbonyl (C=O) groups excluding carboxylic acids is 1. The highest BCUT2D eigenvalue weighted by Crippen LogP contribution is 2.31. The third-order valence-electron chi connectivity index (χ3n) is 4.15. The minimum Gasteiger partial charge on any atom is -0.336 e. The summed E-state index contributed by atoms with van der Waals surface area (Å²) in [6, 6.07) is 13.3. The number of carbonyl (C=O) groups is 1. The maximum atomic E-state index is 13.2. The summed E-state index contributed by atoms with van der Waals surface area (Å²) >= 11 is 0. The van der Waals surface area contributed by atoms with E-state index >= 15 is 0 Å². The number of fused-ring (bicyclic) bond motifs is 1. The number of hydrogen-bond acceptors (Lipinski definition) is 2. The van der Waals surface area contributed by atoms with Gasteiger partial charge in [-0.1, -0.05) is 31.2 Å². The van der Waals surface area contributed by atoms with E-state index in [9.17, 15) is 18.0 Å². The van der Waals surface area contributed by atoms with E-state index in [0.717, 1.165) is 16.6 Å². The molecule has 0 aliphatic rings. The number of nitrogens with zero attached hydrogens (tertiary/aromatic N) is 2. The van der Waals surface area contributed by atoms with Crippen LogP contribution in [0.1, 0.15) is 18.3 Å². The van der Waals surface area contributed by atoms with Crippen molar-refractivity contribution in [3.05, 3.63) is 59.9 Å². The number of imidazole rings is 1. The van der Waals surface area contributed by atoms with Gasteiger partial charge in [0.05, 0.1) is 11.0 Å². The number of nitrogens with one attached hydrogen (secondary N) is 2. The molecule has 5 nitrogen and oxygen atoms in total. The number of alkyl halides is 3. The van der Waals surface area contributed by atoms with Crippen LogP contribution < -0.4 is 10.6 Å². The monoisotopic (exact) mass is 376 g/mol. The van der Waals surface area contributed by atoms with Gasteiger partial charge >= 0.3 is 12.2 Å². The number of anilines is 1. The second-order valence-electron chi connectivity index (χ2n) is 6.00. The van der Waals surface area contributed by atoms with Crippen LogP contribution in [0.5, 0.6) is 0 Å². The van der Waals surface area contributed by atoms with Crippen molar-refractivity contribution in [3.63, 3.8) is 0 Å². The van der Waals surface area contributed by atoms with Crippen molar-refractivity contribution in [1.29, 1.82) is 0 Å². The van der Waals surface area contributed by atoms with Gasteiger partial charge in [-0.05, 0) is 36.2 Å². The molecule has 0 aliphatic carbocycles. The maximum absolute atomic E-state index is 13.2. The van der Waals surface area contributed by atoms with Crippen molar-refractivity contribution in [2.24, 2.45) is 0 Å². The molecule has 2 aromatic carbocycles. The van der Waals surface area contributed by atoms with E-state index in [1.807, 2.05) is 19.1 Å². The van der Waals surface area contributed by atoms with Crippen LogP contribution >= 0.6 is 0 Å². The molecule has 0 atom stereocenters. The van der Waals surface area contributed by atoms with Gasteiger partial charge in [-0.25, -0.2) is 9.78 Å². The van der Waals surface area contributed by atoms with Gasteiger partial charge in [0, 0.05) is 18.8 Å². The van der Waals surface area contributed by atoms with Crippen LogP contribution in [0.3, 0.4) is 0 Å². The van der Waals surface area contributed by atoms with Gasteiger partial charge in [-0.3, -0.25) is 0 Å². The van der Waals surface area contributed by atoms with Gasteiger partial charge in [-0.15, -0.1) is 0 Å². The normalized spacial score (nSPS) is 11.6. The fourth-order valence-electron chi connectivity index (χ4n) is 2.80. The Kier molecular flexibility index (Phi) is 5.34. The lowest BCUT2D eigenvalue weighted by Crippen LogP contribution is -2.32. The number of urea groups is 1. The first-order chi connectivity index (χ1) is 12.9. The summed E-state index contributed by atoms with van der Waals surface area (Å²) in [7, 11) is 0. The van der Waals surface area contributed by atoms with Gasteiger partial charge in [-0.2, -0.15) is 13.2 Å². The summed E-state index contributed by atoms with van der Waals surface area (Å²) in [5, 5.41) is 5.23. The Morgan fingerprint density at radius 2 is 1.81 bits per heavy atom. The molecule has 0 aliphatic heterocycles. The number of rotatable bonds is 5. The quantitative estimate of drug-likeness (QED) is 0.692. The number of halogens is 3. The minimum atomic E-state index is -4.57. The fourth-order valence-corrected chi connectivity index (χ4v) is 2.80. The highest BCUT2D eigenvalue weighted by molar-refractivity contribution is 5.89. The van der Waals surface area contributed by atoms with Crippen LogP contribution in [0.2, 0.25) is 0 Å². The van der Waals surface area contributed by atoms with Gasteiger partial charge in [0.2, 0.25) is 5.82 Å². The van der Waals surface area contributed by atoms with E-state index < -0.39 is 18.0 Å². The lowest BCUT2D eigenvalue weighted by atomic mass is 10.1. The SMILES string of the molecule is CCc1ccc(NC(=O)NCCn2c(C(F)(F)F)nc3ccccc32)cc1. The molecule has 0 saturated carbocycles. The van der Waals surface area contributed by atoms with Crippen LogP contribution in [0, 0.1) is 0 Å². The topological polar surface area (TPSA) is 59.0 Å². The Hall–Kier alpha value is -3.03. The summed E-state index contributed by atoms with van der Waals surface area (Å²) in [4.78, 5) is 15.6. The molecular formula is C19H19F3N4O. The average molecular weight is 376 g/mol. The van der Waals surface area contributed by atoms with Gasteiger partial charge in [0.1, 0.15) is 0 Å². The number of benzene rings is 2. The van der Waals surface area contributed by atoms with Gasteiger partial charge in [0.25, 0.3) is 0 Å². The Morgan fingerprint density at radius 1 is 1.11 bits per heavy atom. The molecule has 0 fully saturated rings. The van der Waals surface area contributed by atoms with Crippen LogP contribution in [0.25, 0.3) is 11.0 Å².